The molecule has 4 rings (SSSR count). The molecule has 0 saturated heterocycles. The van der Waals surface area contributed by atoms with Gasteiger partial charge in [0.1, 0.15) is 35.7 Å². The molecule has 0 aliphatic rings. The molecule has 0 saturated carbocycles. The molecule has 1 N–H and O–H groups in total. The van der Waals surface area contributed by atoms with E-state index >= 15 is 0 Å². The Hall–Kier alpha value is -3.81. The number of methoxy groups -OCH3 is 1. The molecule has 0 aliphatic carbocycles. The summed E-state index contributed by atoms with van der Waals surface area (Å²) < 4.78 is 19.5. The molecule has 39 heavy (non-hydrogen) atoms. The van der Waals surface area contributed by atoms with Gasteiger partial charge in [0, 0.05) is 38.3 Å². The maximum atomic E-state index is 11.0. The maximum Gasteiger partial charge on any atom is 0.222 e. The van der Waals surface area contributed by atoms with Crippen molar-refractivity contribution >= 4 is 0 Å². The number of aliphatic hydroxyl groups excluding tert-OH is 1. The Morgan fingerprint density at radius 2 is 1.64 bits per heavy atom. The van der Waals surface area contributed by atoms with Gasteiger partial charge in [0.2, 0.25) is 5.88 Å². The number of rotatable bonds is 13. The largest absolute Gasteiger partial charge is 0.497 e. The Morgan fingerprint density at radius 1 is 0.923 bits per heavy atom. The minimum atomic E-state index is -0.664. The maximum absolute atomic E-state index is 11.0. The summed E-state index contributed by atoms with van der Waals surface area (Å²) in [6.45, 7) is 8.37. The first-order valence-electron chi connectivity index (χ1n) is 13.4. The summed E-state index contributed by atoms with van der Waals surface area (Å²) in [6, 6.07) is 25.5. The quantitative estimate of drug-likeness (QED) is 0.226. The van der Waals surface area contributed by atoms with Crippen molar-refractivity contribution in [2.45, 2.75) is 33.4 Å². The van der Waals surface area contributed by atoms with Crippen molar-refractivity contribution in [3.63, 3.8) is 0 Å². The van der Waals surface area contributed by atoms with Gasteiger partial charge in [0.05, 0.1) is 12.7 Å². The lowest BCUT2D eigenvalue weighted by atomic mass is 10.1. The van der Waals surface area contributed by atoms with Gasteiger partial charge in [0.15, 0.2) is 0 Å². The lowest BCUT2D eigenvalue weighted by Gasteiger charge is -2.27. The zero-order valence-electron chi connectivity index (χ0n) is 23.5. The highest BCUT2D eigenvalue weighted by Crippen LogP contribution is 2.35. The van der Waals surface area contributed by atoms with Crippen molar-refractivity contribution in [3.05, 3.63) is 90.0 Å². The lowest BCUT2D eigenvalue weighted by Crippen LogP contribution is -2.37. The second-order valence-electron chi connectivity index (χ2n) is 10.2. The van der Waals surface area contributed by atoms with Gasteiger partial charge >= 0.3 is 0 Å². The molecule has 0 fully saturated rings. The average molecular weight is 530 g/mol. The van der Waals surface area contributed by atoms with Crippen molar-refractivity contribution in [3.8, 4) is 34.4 Å². The van der Waals surface area contributed by atoms with Crippen molar-refractivity contribution in [2.75, 3.05) is 26.8 Å². The zero-order valence-corrected chi connectivity index (χ0v) is 23.5. The van der Waals surface area contributed by atoms with E-state index in [0.717, 1.165) is 40.4 Å². The fourth-order valence-corrected chi connectivity index (χ4v) is 4.63. The van der Waals surface area contributed by atoms with Crippen molar-refractivity contribution in [2.24, 2.45) is 13.0 Å². The molecule has 3 aromatic carbocycles. The molecule has 1 aromatic heterocycles. The fourth-order valence-electron chi connectivity index (χ4n) is 4.63. The molecule has 0 radical (unpaired) electrons. The highest BCUT2D eigenvalue weighted by Gasteiger charge is 2.24. The summed E-state index contributed by atoms with van der Waals surface area (Å²) in [7, 11) is 3.53. The van der Waals surface area contributed by atoms with Crippen LogP contribution in [0, 0.1) is 12.8 Å². The number of hydrogen-bond donors (Lipinski definition) is 1. The van der Waals surface area contributed by atoms with Gasteiger partial charge in [-0.2, -0.15) is 5.10 Å². The zero-order chi connectivity index (χ0) is 27.8. The molecule has 206 valence electrons. The second kappa shape index (κ2) is 13.3. The van der Waals surface area contributed by atoms with E-state index in [1.807, 2.05) is 80.7 Å². The summed E-state index contributed by atoms with van der Waals surface area (Å²) in [5.41, 5.74) is 3.87. The van der Waals surface area contributed by atoms with Crippen LogP contribution in [0.25, 0.3) is 11.3 Å². The number of aryl methyl sites for hydroxylation is 2. The number of hydrogen-bond acceptors (Lipinski definition) is 6. The molecule has 1 atom stereocenters. The van der Waals surface area contributed by atoms with E-state index in [1.165, 1.54) is 0 Å². The SMILES string of the molecule is COc1cccc(Oc2c(CN(CC(C)C)CC(O)COc3ccccc3C)c(-c3ccccc3)nn2C)c1. The summed E-state index contributed by atoms with van der Waals surface area (Å²) in [5.74, 6) is 3.23. The van der Waals surface area contributed by atoms with Crippen LogP contribution in [0.15, 0.2) is 78.9 Å². The molecule has 7 heteroatoms. The van der Waals surface area contributed by atoms with Gasteiger partial charge < -0.3 is 19.3 Å². The summed E-state index contributed by atoms with van der Waals surface area (Å²) in [6.07, 6.45) is -0.664. The number of nitrogens with zero attached hydrogens (tertiary/aromatic N) is 3. The third kappa shape index (κ3) is 7.62. The topological polar surface area (TPSA) is 69.0 Å². The van der Waals surface area contributed by atoms with Crippen LogP contribution in [-0.4, -0.2) is 52.7 Å². The predicted octanol–water partition coefficient (Wildman–Crippen LogP) is 6.09. The van der Waals surface area contributed by atoms with Crippen LogP contribution >= 0.6 is 0 Å². The molecular weight excluding hydrogens is 490 g/mol. The Kier molecular flexibility index (Phi) is 9.63. The average Bonchev–Trinajstić information content (AvgIpc) is 3.22. The third-order valence-electron chi connectivity index (χ3n) is 6.39. The van der Waals surface area contributed by atoms with Crippen molar-refractivity contribution < 1.29 is 19.3 Å². The van der Waals surface area contributed by atoms with E-state index in [4.69, 9.17) is 19.3 Å². The highest BCUT2D eigenvalue weighted by molar-refractivity contribution is 5.65. The summed E-state index contributed by atoms with van der Waals surface area (Å²) in [4.78, 5) is 2.25. The Labute approximate surface area is 231 Å². The van der Waals surface area contributed by atoms with E-state index in [2.05, 4.69) is 30.9 Å². The minimum absolute atomic E-state index is 0.213. The van der Waals surface area contributed by atoms with E-state index < -0.39 is 6.10 Å². The molecule has 0 amide bonds. The summed E-state index contributed by atoms with van der Waals surface area (Å²) in [5, 5.41) is 15.8. The van der Waals surface area contributed by atoms with Gasteiger partial charge in [-0.3, -0.25) is 4.90 Å². The van der Waals surface area contributed by atoms with E-state index in [-0.39, 0.29) is 6.61 Å². The predicted molar refractivity (Wildman–Crippen MR) is 155 cm³/mol. The van der Waals surface area contributed by atoms with Crippen LogP contribution in [0.4, 0.5) is 0 Å². The van der Waals surface area contributed by atoms with Crippen LogP contribution in [0.3, 0.4) is 0 Å². The molecule has 0 bridgehead atoms. The third-order valence-corrected chi connectivity index (χ3v) is 6.39. The number of para-hydroxylation sites is 1. The second-order valence-corrected chi connectivity index (χ2v) is 10.2. The molecule has 1 heterocycles. The van der Waals surface area contributed by atoms with E-state index in [1.54, 1.807) is 11.8 Å². The van der Waals surface area contributed by atoms with Gasteiger partial charge in [-0.1, -0.05) is 68.4 Å². The highest BCUT2D eigenvalue weighted by atomic mass is 16.5. The van der Waals surface area contributed by atoms with Crippen LogP contribution in [0.2, 0.25) is 0 Å². The molecular formula is C32H39N3O4. The number of aromatic nitrogens is 2. The number of benzene rings is 3. The standard InChI is InChI=1S/C32H39N3O4/c1-23(2)19-35(20-26(36)22-38-30-17-10-9-12-24(30)3)21-29-31(25-13-7-6-8-14-25)33-34(4)32(29)39-28-16-11-15-27(18-28)37-5/h6-18,23,26,36H,19-22H2,1-5H3. The first kappa shape index (κ1) is 28.2. The van der Waals surface area contributed by atoms with Crippen LogP contribution < -0.4 is 14.2 Å². The van der Waals surface area contributed by atoms with Gasteiger partial charge in [-0.15, -0.1) is 0 Å². The van der Waals surface area contributed by atoms with Crippen molar-refractivity contribution in [1.29, 1.82) is 0 Å². The Balaban J connectivity index is 1.61. The lowest BCUT2D eigenvalue weighted by molar-refractivity contribution is 0.0611. The van der Waals surface area contributed by atoms with E-state index in [0.29, 0.717) is 30.6 Å². The normalized spacial score (nSPS) is 12.1. The van der Waals surface area contributed by atoms with Crippen LogP contribution in [0.1, 0.15) is 25.0 Å². The monoisotopic (exact) mass is 529 g/mol. The van der Waals surface area contributed by atoms with Crippen LogP contribution in [0.5, 0.6) is 23.1 Å². The molecule has 0 spiro atoms. The Bertz CT molecular complexity index is 1340. The number of aliphatic hydroxyl groups is 1. The van der Waals surface area contributed by atoms with Gasteiger partial charge in [-0.05, 0) is 36.6 Å². The Morgan fingerprint density at radius 3 is 2.36 bits per heavy atom. The first-order chi connectivity index (χ1) is 18.8. The minimum Gasteiger partial charge on any atom is -0.497 e. The van der Waals surface area contributed by atoms with Gasteiger partial charge in [0.25, 0.3) is 0 Å². The van der Waals surface area contributed by atoms with Crippen LogP contribution in [-0.2, 0) is 13.6 Å². The molecule has 1 unspecified atom stereocenters. The molecule has 7 nitrogen and oxygen atoms in total. The van der Waals surface area contributed by atoms with Crippen molar-refractivity contribution in [1.82, 2.24) is 14.7 Å². The molecule has 0 aliphatic heterocycles. The first-order valence-corrected chi connectivity index (χ1v) is 13.4. The molecule has 4 aromatic rings. The fraction of sp³-hybridized carbons (Fsp3) is 0.344. The summed E-state index contributed by atoms with van der Waals surface area (Å²) >= 11 is 0. The smallest absolute Gasteiger partial charge is 0.222 e. The van der Waals surface area contributed by atoms with E-state index in [9.17, 15) is 5.11 Å². The number of ether oxygens (including phenoxy) is 3. The van der Waals surface area contributed by atoms with Gasteiger partial charge in [-0.25, -0.2) is 4.68 Å².